The fraction of sp³-hybridized carbons (Fsp3) is 0.467. The molecule has 3 rings (SSSR count). The molecule has 1 aliphatic rings. The van der Waals surface area contributed by atoms with Crippen LogP contribution in [0.2, 0.25) is 0 Å². The molecule has 1 aromatic carbocycles. The van der Waals surface area contributed by atoms with Gasteiger partial charge in [0.15, 0.2) is 0 Å². The van der Waals surface area contributed by atoms with Crippen molar-refractivity contribution >= 4 is 22.5 Å². The normalized spacial score (nSPS) is 21.8. The second-order valence-electron chi connectivity index (χ2n) is 5.37. The Morgan fingerprint density at radius 3 is 3.24 bits per heavy atom. The Morgan fingerprint density at radius 1 is 1.48 bits per heavy atom. The minimum absolute atomic E-state index is 0.0000293. The van der Waals surface area contributed by atoms with E-state index < -0.39 is 0 Å². The summed E-state index contributed by atoms with van der Waals surface area (Å²) < 4.78 is 5.44. The number of nitrogens with one attached hydrogen (secondary N) is 3. The first-order chi connectivity index (χ1) is 10.3. The van der Waals surface area contributed by atoms with Gasteiger partial charge in [-0.3, -0.25) is 9.89 Å². The third kappa shape index (κ3) is 3.06. The lowest BCUT2D eigenvalue weighted by atomic mass is 10.0. The molecule has 0 saturated carbocycles. The molecule has 2 atom stereocenters. The van der Waals surface area contributed by atoms with Crippen LogP contribution >= 0.6 is 0 Å². The average molecular weight is 288 g/mol. The number of aromatic amines is 1. The first-order valence-corrected chi connectivity index (χ1v) is 7.33. The zero-order valence-corrected chi connectivity index (χ0v) is 12.1. The molecule has 6 heteroatoms. The Balaban J connectivity index is 1.67. The molecule has 0 radical (unpaired) electrons. The zero-order chi connectivity index (χ0) is 14.7. The number of carbonyl (C=O) groups is 1. The SMILES string of the molecule is CCCNC1COCC1C(=O)Nc1ccc2cn[nH]c2c1. The summed E-state index contributed by atoms with van der Waals surface area (Å²) in [4.78, 5) is 12.4. The first kappa shape index (κ1) is 14.0. The predicted molar refractivity (Wildman–Crippen MR) is 81.1 cm³/mol. The molecule has 1 fully saturated rings. The smallest absolute Gasteiger partial charge is 0.231 e. The van der Waals surface area contributed by atoms with Crippen LogP contribution in [-0.4, -0.2) is 41.9 Å². The van der Waals surface area contributed by atoms with Gasteiger partial charge in [-0.05, 0) is 31.2 Å². The third-order valence-corrected chi connectivity index (χ3v) is 3.78. The second kappa shape index (κ2) is 6.24. The third-order valence-electron chi connectivity index (χ3n) is 3.78. The van der Waals surface area contributed by atoms with E-state index in [-0.39, 0.29) is 17.9 Å². The Bertz CT molecular complexity index is 625. The highest BCUT2D eigenvalue weighted by Gasteiger charge is 2.33. The molecule has 2 aromatic rings. The fourth-order valence-corrected chi connectivity index (χ4v) is 2.59. The summed E-state index contributed by atoms with van der Waals surface area (Å²) in [6, 6.07) is 5.82. The molecule has 1 saturated heterocycles. The number of amides is 1. The predicted octanol–water partition coefficient (Wildman–Crippen LogP) is 1.52. The minimum atomic E-state index is -0.144. The summed E-state index contributed by atoms with van der Waals surface area (Å²) in [5.74, 6) is -0.144. The van der Waals surface area contributed by atoms with Crippen LogP contribution in [0.1, 0.15) is 13.3 Å². The molecule has 0 bridgehead atoms. The lowest BCUT2D eigenvalue weighted by Crippen LogP contribution is -2.41. The maximum atomic E-state index is 12.4. The van der Waals surface area contributed by atoms with Gasteiger partial charge in [0.05, 0.1) is 30.8 Å². The Kier molecular flexibility index (Phi) is 4.17. The van der Waals surface area contributed by atoms with E-state index >= 15 is 0 Å². The average Bonchev–Trinajstić information content (AvgIpc) is 3.13. The highest BCUT2D eigenvalue weighted by molar-refractivity contribution is 5.95. The van der Waals surface area contributed by atoms with Crippen LogP contribution in [0.15, 0.2) is 24.4 Å². The summed E-state index contributed by atoms with van der Waals surface area (Å²) >= 11 is 0. The molecule has 21 heavy (non-hydrogen) atoms. The number of fused-ring (bicyclic) bond motifs is 1. The molecule has 0 spiro atoms. The number of rotatable bonds is 5. The number of hydrogen-bond donors (Lipinski definition) is 3. The van der Waals surface area contributed by atoms with Crippen LogP contribution in [0.4, 0.5) is 5.69 Å². The quantitative estimate of drug-likeness (QED) is 0.779. The van der Waals surface area contributed by atoms with Gasteiger partial charge < -0.3 is 15.4 Å². The molecule has 1 aromatic heterocycles. The molecule has 6 nitrogen and oxygen atoms in total. The molecular weight excluding hydrogens is 268 g/mol. The number of benzene rings is 1. The number of carbonyl (C=O) groups excluding carboxylic acids is 1. The van der Waals surface area contributed by atoms with Crippen molar-refractivity contribution in [3.8, 4) is 0 Å². The maximum Gasteiger partial charge on any atom is 0.231 e. The van der Waals surface area contributed by atoms with Crippen molar-refractivity contribution in [1.82, 2.24) is 15.5 Å². The van der Waals surface area contributed by atoms with Gasteiger partial charge in [-0.1, -0.05) is 6.92 Å². The van der Waals surface area contributed by atoms with Gasteiger partial charge in [0.25, 0.3) is 0 Å². The summed E-state index contributed by atoms with van der Waals surface area (Å²) in [7, 11) is 0. The Morgan fingerprint density at radius 2 is 2.38 bits per heavy atom. The van der Waals surface area contributed by atoms with Gasteiger partial charge in [-0.25, -0.2) is 0 Å². The molecule has 2 unspecified atom stereocenters. The van der Waals surface area contributed by atoms with Crippen LogP contribution in [0.3, 0.4) is 0 Å². The van der Waals surface area contributed by atoms with E-state index in [0.29, 0.717) is 13.2 Å². The van der Waals surface area contributed by atoms with Crippen molar-refractivity contribution in [3.63, 3.8) is 0 Å². The standard InChI is InChI=1S/C15H20N4O2/c1-2-5-16-14-9-21-8-12(14)15(20)18-11-4-3-10-7-17-19-13(10)6-11/h3-4,6-7,12,14,16H,2,5,8-9H2,1H3,(H,17,19)(H,18,20). The molecular formula is C15H20N4O2. The fourth-order valence-electron chi connectivity index (χ4n) is 2.59. The number of H-pyrrole nitrogens is 1. The van der Waals surface area contributed by atoms with Gasteiger partial charge in [0, 0.05) is 17.1 Å². The summed E-state index contributed by atoms with van der Waals surface area (Å²) in [5, 5.41) is 14.2. The van der Waals surface area contributed by atoms with Gasteiger partial charge >= 0.3 is 0 Å². The van der Waals surface area contributed by atoms with Crippen molar-refractivity contribution in [2.24, 2.45) is 5.92 Å². The summed E-state index contributed by atoms with van der Waals surface area (Å²) in [6.07, 6.45) is 2.80. The van der Waals surface area contributed by atoms with Crippen LogP contribution in [-0.2, 0) is 9.53 Å². The van der Waals surface area contributed by atoms with Crippen LogP contribution in [0, 0.1) is 5.92 Å². The molecule has 0 aliphatic carbocycles. The van der Waals surface area contributed by atoms with E-state index in [2.05, 4.69) is 27.8 Å². The number of aromatic nitrogens is 2. The second-order valence-corrected chi connectivity index (χ2v) is 5.37. The van der Waals surface area contributed by atoms with E-state index in [1.54, 1.807) is 6.20 Å². The molecule has 1 amide bonds. The van der Waals surface area contributed by atoms with Gasteiger partial charge in [0.1, 0.15) is 0 Å². The number of hydrogen-bond acceptors (Lipinski definition) is 4. The van der Waals surface area contributed by atoms with Crippen molar-refractivity contribution in [2.75, 3.05) is 25.1 Å². The van der Waals surface area contributed by atoms with Crippen LogP contribution in [0.5, 0.6) is 0 Å². The van der Waals surface area contributed by atoms with Crippen LogP contribution < -0.4 is 10.6 Å². The topological polar surface area (TPSA) is 79.0 Å². The molecule has 1 aliphatic heterocycles. The van der Waals surface area contributed by atoms with Crippen molar-refractivity contribution < 1.29 is 9.53 Å². The number of anilines is 1. The molecule has 3 N–H and O–H groups in total. The number of nitrogens with zero attached hydrogens (tertiary/aromatic N) is 1. The van der Waals surface area contributed by atoms with Crippen LogP contribution in [0.25, 0.3) is 10.9 Å². The van der Waals surface area contributed by atoms with E-state index in [9.17, 15) is 4.79 Å². The first-order valence-electron chi connectivity index (χ1n) is 7.33. The lowest BCUT2D eigenvalue weighted by Gasteiger charge is -2.18. The van der Waals surface area contributed by atoms with Gasteiger partial charge in [0.2, 0.25) is 5.91 Å². The maximum absolute atomic E-state index is 12.4. The summed E-state index contributed by atoms with van der Waals surface area (Å²) in [6.45, 7) is 4.08. The summed E-state index contributed by atoms with van der Waals surface area (Å²) in [5.41, 5.74) is 1.69. The van der Waals surface area contributed by atoms with Crippen molar-refractivity contribution in [2.45, 2.75) is 19.4 Å². The highest BCUT2D eigenvalue weighted by atomic mass is 16.5. The largest absolute Gasteiger partial charge is 0.379 e. The van der Waals surface area contributed by atoms with Gasteiger partial charge in [-0.15, -0.1) is 0 Å². The van der Waals surface area contributed by atoms with Gasteiger partial charge in [-0.2, -0.15) is 5.10 Å². The highest BCUT2D eigenvalue weighted by Crippen LogP contribution is 2.20. The minimum Gasteiger partial charge on any atom is -0.379 e. The lowest BCUT2D eigenvalue weighted by molar-refractivity contribution is -0.120. The van der Waals surface area contributed by atoms with E-state index in [4.69, 9.17) is 4.74 Å². The zero-order valence-electron chi connectivity index (χ0n) is 12.1. The van der Waals surface area contributed by atoms with E-state index in [0.717, 1.165) is 29.6 Å². The van der Waals surface area contributed by atoms with E-state index in [1.165, 1.54) is 0 Å². The van der Waals surface area contributed by atoms with E-state index in [1.807, 2.05) is 18.2 Å². The molecule has 112 valence electrons. The Labute approximate surface area is 123 Å². The Hall–Kier alpha value is -1.92. The molecule has 2 heterocycles. The monoisotopic (exact) mass is 288 g/mol. The number of ether oxygens (including phenoxy) is 1. The van der Waals surface area contributed by atoms with Crippen molar-refractivity contribution in [1.29, 1.82) is 0 Å². The van der Waals surface area contributed by atoms with Crippen molar-refractivity contribution in [3.05, 3.63) is 24.4 Å².